The van der Waals surface area contributed by atoms with Crippen LogP contribution in [0.25, 0.3) is 0 Å². The van der Waals surface area contributed by atoms with Crippen LogP contribution in [0, 0.1) is 0 Å². The lowest BCUT2D eigenvalue weighted by molar-refractivity contribution is 0.102. The molecule has 0 fully saturated rings. The first-order valence-corrected chi connectivity index (χ1v) is 5.94. The second kappa shape index (κ2) is 5.14. The summed E-state index contributed by atoms with van der Waals surface area (Å²) < 4.78 is 2.13. The van der Waals surface area contributed by atoms with Gasteiger partial charge in [-0.2, -0.15) is 0 Å². The number of hydrogen-bond acceptors (Lipinski definition) is 3. The van der Waals surface area contributed by atoms with E-state index in [1.54, 1.807) is 31.6 Å². The molecule has 0 radical (unpaired) electrons. The smallest absolute Gasteiger partial charge is 0.257 e. The average molecular weight is 308 g/mol. The van der Waals surface area contributed by atoms with Gasteiger partial charge in [-0.15, -0.1) is 0 Å². The van der Waals surface area contributed by atoms with Crippen molar-refractivity contribution < 1.29 is 4.79 Å². The number of amides is 1. The Hall–Kier alpha value is -1.95. The van der Waals surface area contributed by atoms with E-state index in [0.717, 1.165) is 4.47 Å². The van der Waals surface area contributed by atoms with E-state index in [2.05, 4.69) is 26.2 Å². The lowest BCUT2D eigenvalue weighted by atomic mass is 10.2. The van der Waals surface area contributed by atoms with E-state index < -0.39 is 0 Å². The third-order valence-corrected chi connectivity index (χ3v) is 2.74. The van der Waals surface area contributed by atoms with Gasteiger partial charge < -0.3 is 9.88 Å². The van der Waals surface area contributed by atoms with Crippen LogP contribution in [0.4, 0.5) is 5.69 Å². The van der Waals surface area contributed by atoms with Crippen molar-refractivity contribution in [3.63, 3.8) is 0 Å². The van der Waals surface area contributed by atoms with Gasteiger partial charge in [0.2, 0.25) is 5.56 Å². The Labute approximate surface area is 112 Å². The van der Waals surface area contributed by atoms with Crippen molar-refractivity contribution in [3.05, 3.63) is 57.2 Å². The van der Waals surface area contributed by atoms with Crippen LogP contribution in [-0.2, 0) is 7.05 Å². The number of pyridine rings is 2. The molecule has 18 heavy (non-hydrogen) atoms. The van der Waals surface area contributed by atoms with Crippen LogP contribution in [-0.4, -0.2) is 15.5 Å². The molecule has 5 nitrogen and oxygen atoms in total. The maximum atomic E-state index is 11.9. The number of halogens is 1. The van der Waals surface area contributed by atoms with E-state index in [-0.39, 0.29) is 11.5 Å². The molecule has 0 aliphatic heterocycles. The Morgan fingerprint density at radius 2 is 2.17 bits per heavy atom. The Kier molecular flexibility index (Phi) is 3.57. The number of nitrogens with one attached hydrogen (secondary N) is 1. The second-order valence-corrected chi connectivity index (χ2v) is 4.63. The Morgan fingerprint density at radius 3 is 2.83 bits per heavy atom. The summed E-state index contributed by atoms with van der Waals surface area (Å²) in [6.07, 6.45) is 4.64. The van der Waals surface area contributed by atoms with E-state index >= 15 is 0 Å². The molecule has 0 spiro atoms. The SMILES string of the molecule is Cn1cc(NC(=O)c2cncc(Br)c2)ccc1=O. The van der Waals surface area contributed by atoms with Gasteiger partial charge in [0.1, 0.15) is 0 Å². The molecule has 1 amide bonds. The lowest BCUT2D eigenvalue weighted by Crippen LogP contribution is -2.18. The molecule has 92 valence electrons. The molecule has 0 aromatic carbocycles. The number of rotatable bonds is 2. The largest absolute Gasteiger partial charge is 0.321 e. The molecule has 0 aliphatic rings. The summed E-state index contributed by atoms with van der Waals surface area (Å²) in [5.74, 6) is -0.276. The minimum absolute atomic E-state index is 0.128. The fraction of sp³-hybridized carbons (Fsp3) is 0.0833. The van der Waals surface area contributed by atoms with Gasteiger partial charge in [0.15, 0.2) is 0 Å². The Morgan fingerprint density at radius 1 is 1.39 bits per heavy atom. The highest BCUT2D eigenvalue weighted by Gasteiger charge is 2.07. The molecule has 2 rings (SSSR count). The van der Waals surface area contributed by atoms with Gasteiger partial charge in [-0.25, -0.2) is 0 Å². The molecule has 0 saturated carbocycles. The van der Waals surface area contributed by atoms with Crippen molar-refractivity contribution in [3.8, 4) is 0 Å². The number of carbonyl (C=O) groups is 1. The molecule has 1 N–H and O–H groups in total. The molecule has 0 aliphatic carbocycles. The van der Waals surface area contributed by atoms with Gasteiger partial charge in [-0.3, -0.25) is 14.6 Å². The summed E-state index contributed by atoms with van der Waals surface area (Å²) in [5.41, 5.74) is 0.873. The standard InChI is InChI=1S/C12H10BrN3O2/c1-16-7-10(2-3-11(16)17)15-12(18)8-4-9(13)6-14-5-8/h2-7H,1H3,(H,15,18). The topological polar surface area (TPSA) is 64.0 Å². The first-order valence-electron chi connectivity index (χ1n) is 5.15. The second-order valence-electron chi connectivity index (χ2n) is 3.71. The van der Waals surface area contributed by atoms with Gasteiger partial charge in [0.05, 0.1) is 11.3 Å². The predicted molar refractivity (Wildman–Crippen MR) is 71.6 cm³/mol. The molecule has 0 bridgehead atoms. The van der Waals surface area contributed by atoms with Crippen LogP contribution in [0.5, 0.6) is 0 Å². The van der Waals surface area contributed by atoms with Crippen molar-refractivity contribution in [1.82, 2.24) is 9.55 Å². The predicted octanol–water partition coefficient (Wildman–Crippen LogP) is 1.80. The van der Waals surface area contributed by atoms with Crippen LogP contribution < -0.4 is 10.9 Å². The van der Waals surface area contributed by atoms with Crippen molar-refractivity contribution in [2.45, 2.75) is 0 Å². The highest BCUT2D eigenvalue weighted by atomic mass is 79.9. The van der Waals surface area contributed by atoms with Crippen molar-refractivity contribution in [1.29, 1.82) is 0 Å². The summed E-state index contributed by atoms with van der Waals surface area (Å²) in [7, 11) is 1.62. The highest BCUT2D eigenvalue weighted by molar-refractivity contribution is 9.10. The number of aryl methyl sites for hydroxylation is 1. The van der Waals surface area contributed by atoms with E-state index in [9.17, 15) is 9.59 Å². The number of nitrogens with zero attached hydrogens (tertiary/aromatic N) is 2. The minimum atomic E-state index is -0.276. The average Bonchev–Trinajstić information content (AvgIpc) is 2.34. The van der Waals surface area contributed by atoms with Gasteiger partial charge >= 0.3 is 0 Å². The lowest BCUT2D eigenvalue weighted by Gasteiger charge is -2.06. The van der Waals surface area contributed by atoms with Crippen LogP contribution in [0.1, 0.15) is 10.4 Å². The van der Waals surface area contributed by atoms with Crippen molar-refractivity contribution in [2.24, 2.45) is 7.05 Å². The van der Waals surface area contributed by atoms with Crippen molar-refractivity contribution in [2.75, 3.05) is 5.32 Å². The van der Waals surface area contributed by atoms with Gasteiger partial charge in [0.25, 0.3) is 5.91 Å². The quantitative estimate of drug-likeness (QED) is 0.920. The molecule has 0 unspecified atom stereocenters. The van der Waals surface area contributed by atoms with Crippen LogP contribution in [0.15, 0.2) is 46.1 Å². The number of aromatic nitrogens is 2. The molecular formula is C12H10BrN3O2. The number of carbonyl (C=O) groups excluding carboxylic acids is 1. The fourth-order valence-corrected chi connectivity index (χ4v) is 1.77. The normalized spacial score (nSPS) is 10.1. The molecule has 0 saturated heterocycles. The third-order valence-electron chi connectivity index (χ3n) is 2.31. The maximum Gasteiger partial charge on any atom is 0.257 e. The van der Waals surface area contributed by atoms with E-state index in [4.69, 9.17) is 0 Å². The highest BCUT2D eigenvalue weighted by Crippen LogP contribution is 2.11. The molecular weight excluding hydrogens is 298 g/mol. The van der Waals surface area contributed by atoms with Gasteiger partial charge in [-0.1, -0.05) is 0 Å². The zero-order valence-electron chi connectivity index (χ0n) is 9.55. The molecule has 6 heteroatoms. The van der Waals surface area contributed by atoms with E-state index in [0.29, 0.717) is 11.3 Å². The van der Waals surface area contributed by atoms with Crippen molar-refractivity contribution >= 4 is 27.5 Å². The monoisotopic (exact) mass is 307 g/mol. The summed E-state index contributed by atoms with van der Waals surface area (Å²) >= 11 is 3.25. The summed E-state index contributed by atoms with van der Waals surface area (Å²) in [5, 5.41) is 2.69. The van der Waals surface area contributed by atoms with Crippen LogP contribution >= 0.6 is 15.9 Å². The van der Waals surface area contributed by atoms with E-state index in [1.807, 2.05) is 0 Å². The summed E-state index contributed by atoms with van der Waals surface area (Å²) in [6.45, 7) is 0. The first-order chi connectivity index (χ1) is 8.56. The molecule has 2 aromatic rings. The zero-order chi connectivity index (χ0) is 13.1. The molecule has 2 heterocycles. The Bertz CT molecular complexity index is 652. The molecule has 2 aromatic heterocycles. The third kappa shape index (κ3) is 2.84. The van der Waals surface area contributed by atoms with E-state index in [1.165, 1.54) is 16.8 Å². The molecule has 0 atom stereocenters. The zero-order valence-corrected chi connectivity index (χ0v) is 11.1. The fourth-order valence-electron chi connectivity index (χ4n) is 1.41. The minimum Gasteiger partial charge on any atom is -0.321 e. The van der Waals surface area contributed by atoms with Gasteiger partial charge in [0, 0.05) is 36.2 Å². The summed E-state index contributed by atoms with van der Waals surface area (Å²) in [6, 6.07) is 4.63. The first kappa shape index (κ1) is 12.5. The van der Waals surface area contributed by atoms with Crippen LogP contribution in [0.3, 0.4) is 0 Å². The number of anilines is 1. The number of hydrogen-bond donors (Lipinski definition) is 1. The summed E-state index contributed by atoms with van der Waals surface area (Å²) in [4.78, 5) is 27.0. The Balaban J connectivity index is 2.21. The maximum absolute atomic E-state index is 11.9. The van der Waals surface area contributed by atoms with Gasteiger partial charge in [-0.05, 0) is 28.1 Å². The van der Waals surface area contributed by atoms with Crippen LogP contribution in [0.2, 0.25) is 0 Å².